The van der Waals surface area contributed by atoms with Gasteiger partial charge < -0.3 is 10.4 Å². The average molecular weight is 332 g/mol. The van der Waals surface area contributed by atoms with Crippen molar-refractivity contribution in [1.82, 2.24) is 5.32 Å². The molecule has 122 valence electrons. The van der Waals surface area contributed by atoms with Gasteiger partial charge in [-0.15, -0.1) is 11.3 Å². The standard InChI is InChI=1S/C17H20N2O3S/c20-15-7-3-13(4-8-15)18-11-16-9-10-17(23-16)12-1-5-14(6-2-12)19(21)22/h1-2,5-6,9-10,13,15,18,20H,3-4,7-8,11H2. The number of hydrogen-bond donors (Lipinski definition) is 2. The summed E-state index contributed by atoms with van der Waals surface area (Å²) in [5.41, 5.74) is 1.12. The molecular formula is C17H20N2O3S. The topological polar surface area (TPSA) is 75.4 Å². The van der Waals surface area contributed by atoms with Crippen molar-refractivity contribution in [2.45, 2.75) is 44.4 Å². The molecule has 1 aromatic carbocycles. The highest BCUT2D eigenvalue weighted by molar-refractivity contribution is 7.15. The maximum atomic E-state index is 10.7. The monoisotopic (exact) mass is 332 g/mol. The van der Waals surface area contributed by atoms with E-state index in [0.717, 1.165) is 42.7 Å². The molecule has 0 saturated heterocycles. The van der Waals surface area contributed by atoms with Gasteiger partial charge in [-0.3, -0.25) is 10.1 Å². The lowest BCUT2D eigenvalue weighted by Gasteiger charge is -2.26. The Labute approximate surface area is 139 Å². The van der Waals surface area contributed by atoms with Crippen LogP contribution >= 0.6 is 11.3 Å². The molecule has 1 aliphatic carbocycles. The molecule has 0 spiro atoms. The van der Waals surface area contributed by atoms with Crippen LogP contribution in [-0.2, 0) is 6.54 Å². The van der Waals surface area contributed by atoms with Crippen molar-refractivity contribution < 1.29 is 10.0 Å². The van der Waals surface area contributed by atoms with Crippen LogP contribution in [-0.4, -0.2) is 22.2 Å². The highest BCUT2D eigenvalue weighted by Crippen LogP contribution is 2.29. The molecule has 0 bridgehead atoms. The molecule has 1 fully saturated rings. The fourth-order valence-electron chi connectivity index (χ4n) is 2.90. The van der Waals surface area contributed by atoms with E-state index in [4.69, 9.17) is 0 Å². The zero-order valence-corrected chi connectivity index (χ0v) is 13.6. The Balaban J connectivity index is 1.58. The molecule has 1 heterocycles. The molecule has 2 aromatic rings. The molecule has 1 saturated carbocycles. The van der Waals surface area contributed by atoms with Crippen molar-refractivity contribution in [3.63, 3.8) is 0 Å². The summed E-state index contributed by atoms with van der Waals surface area (Å²) < 4.78 is 0. The summed E-state index contributed by atoms with van der Waals surface area (Å²) in [7, 11) is 0. The Bertz CT molecular complexity index is 661. The van der Waals surface area contributed by atoms with Gasteiger partial charge >= 0.3 is 0 Å². The van der Waals surface area contributed by atoms with Gasteiger partial charge in [0.25, 0.3) is 5.69 Å². The van der Waals surface area contributed by atoms with Crippen LogP contribution in [0.1, 0.15) is 30.6 Å². The Kier molecular flexibility index (Phi) is 5.05. The van der Waals surface area contributed by atoms with Gasteiger partial charge in [-0.1, -0.05) is 0 Å². The summed E-state index contributed by atoms with van der Waals surface area (Å²) in [5, 5.41) is 23.8. The fourth-order valence-corrected chi connectivity index (χ4v) is 3.86. The number of aliphatic hydroxyl groups excluding tert-OH is 1. The molecule has 0 atom stereocenters. The van der Waals surface area contributed by atoms with Gasteiger partial charge in [-0.25, -0.2) is 0 Å². The maximum absolute atomic E-state index is 10.7. The quantitative estimate of drug-likeness (QED) is 0.646. The van der Waals surface area contributed by atoms with Crippen LogP contribution in [0, 0.1) is 10.1 Å². The summed E-state index contributed by atoms with van der Waals surface area (Å²) in [6.07, 6.45) is 3.71. The van der Waals surface area contributed by atoms with Gasteiger partial charge in [0.1, 0.15) is 0 Å². The second kappa shape index (κ2) is 7.21. The van der Waals surface area contributed by atoms with Gasteiger partial charge in [-0.05, 0) is 55.5 Å². The van der Waals surface area contributed by atoms with Crippen molar-refractivity contribution in [3.8, 4) is 10.4 Å². The molecule has 0 aliphatic heterocycles. The van der Waals surface area contributed by atoms with E-state index in [0.29, 0.717) is 6.04 Å². The Morgan fingerprint density at radius 1 is 1.13 bits per heavy atom. The van der Waals surface area contributed by atoms with E-state index >= 15 is 0 Å². The lowest BCUT2D eigenvalue weighted by molar-refractivity contribution is -0.384. The highest BCUT2D eigenvalue weighted by Gasteiger charge is 2.18. The fraction of sp³-hybridized carbons (Fsp3) is 0.412. The number of non-ortho nitro benzene ring substituents is 1. The smallest absolute Gasteiger partial charge is 0.269 e. The molecule has 1 aromatic heterocycles. The van der Waals surface area contributed by atoms with Crippen molar-refractivity contribution in [2.24, 2.45) is 0 Å². The molecule has 1 aliphatic rings. The molecule has 0 unspecified atom stereocenters. The summed E-state index contributed by atoms with van der Waals surface area (Å²) in [6, 6.07) is 11.3. The first kappa shape index (κ1) is 16.1. The lowest BCUT2D eigenvalue weighted by Crippen LogP contribution is -2.33. The van der Waals surface area contributed by atoms with Crippen LogP contribution in [0.25, 0.3) is 10.4 Å². The van der Waals surface area contributed by atoms with Gasteiger partial charge in [0.05, 0.1) is 11.0 Å². The van der Waals surface area contributed by atoms with Gasteiger partial charge in [-0.2, -0.15) is 0 Å². The number of nitro groups is 1. The van der Waals surface area contributed by atoms with Crippen LogP contribution in [0.4, 0.5) is 5.69 Å². The summed E-state index contributed by atoms with van der Waals surface area (Å²) in [4.78, 5) is 12.7. The first-order valence-electron chi connectivity index (χ1n) is 7.87. The molecule has 0 radical (unpaired) electrons. The molecule has 23 heavy (non-hydrogen) atoms. The number of nitrogens with one attached hydrogen (secondary N) is 1. The summed E-state index contributed by atoms with van der Waals surface area (Å²) >= 11 is 1.71. The largest absolute Gasteiger partial charge is 0.393 e. The molecule has 0 amide bonds. The first-order chi connectivity index (χ1) is 11.1. The van der Waals surface area contributed by atoms with E-state index in [1.807, 2.05) is 0 Å². The van der Waals surface area contributed by atoms with Crippen molar-refractivity contribution in [3.05, 3.63) is 51.4 Å². The molecule has 5 nitrogen and oxygen atoms in total. The zero-order valence-electron chi connectivity index (χ0n) is 12.8. The van der Waals surface area contributed by atoms with Crippen LogP contribution in [0.15, 0.2) is 36.4 Å². The van der Waals surface area contributed by atoms with E-state index in [1.54, 1.807) is 35.6 Å². The van der Waals surface area contributed by atoms with E-state index in [-0.39, 0.29) is 16.7 Å². The molecule has 3 rings (SSSR count). The van der Waals surface area contributed by atoms with E-state index < -0.39 is 0 Å². The summed E-state index contributed by atoms with van der Waals surface area (Å²) in [6.45, 7) is 0.832. The normalized spacial score (nSPS) is 21.3. The van der Waals surface area contributed by atoms with E-state index in [9.17, 15) is 15.2 Å². The van der Waals surface area contributed by atoms with E-state index in [1.165, 1.54) is 4.88 Å². The van der Waals surface area contributed by atoms with Gasteiger partial charge in [0.2, 0.25) is 0 Å². The third-order valence-electron chi connectivity index (χ3n) is 4.29. The predicted molar refractivity (Wildman–Crippen MR) is 91.5 cm³/mol. The number of hydrogen-bond acceptors (Lipinski definition) is 5. The lowest BCUT2D eigenvalue weighted by atomic mass is 9.93. The van der Waals surface area contributed by atoms with Crippen molar-refractivity contribution in [1.29, 1.82) is 0 Å². The minimum Gasteiger partial charge on any atom is -0.393 e. The minimum atomic E-state index is -0.380. The Hall–Kier alpha value is -1.76. The predicted octanol–water partition coefficient (Wildman–Crippen LogP) is 3.72. The van der Waals surface area contributed by atoms with Crippen molar-refractivity contribution >= 4 is 17.0 Å². The first-order valence-corrected chi connectivity index (χ1v) is 8.68. The van der Waals surface area contributed by atoms with Crippen LogP contribution in [0.5, 0.6) is 0 Å². The van der Waals surface area contributed by atoms with Crippen LogP contribution in [0.2, 0.25) is 0 Å². The van der Waals surface area contributed by atoms with Crippen molar-refractivity contribution in [2.75, 3.05) is 0 Å². The SMILES string of the molecule is O=[N+]([O-])c1ccc(-c2ccc(CNC3CCC(O)CC3)s2)cc1. The number of aliphatic hydroxyl groups is 1. The van der Waals surface area contributed by atoms with E-state index in [2.05, 4.69) is 17.4 Å². The number of nitro benzene ring substituents is 1. The van der Waals surface area contributed by atoms with Crippen LogP contribution < -0.4 is 5.32 Å². The van der Waals surface area contributed by atoms with Gasteiger partial charge in [0, 0.05) is 34.5 Å². The minimum absolute atomic E-state index is 0.117. The Morgan fingerprint density at radius 3 is 2.48 bits per heavy atom. The highest BCUT2D eigenvalue weighted by atomic mass is 32.1. The number of thiophene rings is 1. The number of benzene rings is 1. The molecular weight excluding hydrogens is 312 g/mol. The zero-order chi connectivity index (χ0) is 16.2. The third kappa shape index (κ3) is 4.16. The second-order valence-corrected chi connectivity index (χ2v) is 7.12. The average Bonchev–Trinajstić information content (AvgIpc) is 3.03. The van der Waals surface area contributed by atoms with Gasteiger partial charge in [0.15, 0.2) is 0 Å². The number of rotatable bonds is 5. The Morgan fingerprint density at radius 2 is 1.83 bits per heavy atom. The second-order valence-electron chi connectivity index (χ2n) is 5.96. The van der Waals surface area contributed by atoms with Crippen LogP contribution in [0.3, 0.4) is 0 Å². The molecule has 6 heteroatoms. The number of nitrogens with zero attached hydrogens (tertiary/aromatic N) is 1. The third-order valence-corrected chi connectivity index (χ3v) is 5.42. The maximum Gasteiger partial charge on any atom is 0.269 e. The molecule has 2 N–H and O–H groups in total. The summed E-state index contributed by atoms with van der Waals surface area (Å²) in [5.74, 6) is 0.